The average molecular weight is 249 g/mol. The third-order valence-corrected chi connectivity index (χ3v) is 3.60. The van der Waals surface area contributed by atoms with Crippen molar-refractivity contribution in [2.24, 2.45) is 5.73 Å². The molecule has 1 fully saturated rings. The van der Waals surface area contributed by atoms with E-state index in [1.54, 1.807) is 0 Å². The van der Waals surface area contributed by atoms with Gasteiger partial charge >= 0.3 is 0 Å². The van der Waals surface area contributed by atoms with Gasteiger partial charge in [0.2, 0.25) is 0 Å². The van der Waals surface area contributed by atoms with Crippen LogP contribution < -0.4 is 5.73 Å². The van der Waals surface area contributed by atoms with Crippen molar-refractivity contribution in [1.82, 2.24) is 9.97 Å². The fourth-order valence-electron chi connectivity index (χ4n) is 2.73. The highest BCUT2D eigenvalue weighted by Gasteiger charge is 2.37. The van der Waals surface area contributed by atoms with Crippen molar-refractivity contribution in [3.63, 3.8) is 0 Å². The van der Waals surface area contributed by atoms with Gasteiger partial charge in [-0.05, 0) is 32.4 Å². The molecule has 1 aliphatic carbocycles. The van der Waals surface area contributed by atoms with E-state index in [0.717, 1.165) is 30.8 Å². The largest absolute Gasteiger partial charge is 0.367 e. The zero-order valence-corrected chi connectivity index (χ0v) is 11.2. The molecule has 0 aliphatic heterocycles. The van der Waals surface area contributed by atoms with Crippen molar-refractivity contribution in [3.8, 4) is 0 Å². The van der Waals surface area contributed by atoms with Crippen molar-refractivity contribution in [3.05, 3.63) is 23.8 Å². The molecule has 1 saturated carbocycles. The third kappa shape index (κ3) is 2.87. The predicted octanol–water partition coefficient (Wildman–Crippen LogP) is 2.17. The normalized spacial score (nSPS) is 18.8. The first-order valence-electron chi connectivity index (χ1n) is 6.97. The summed E-state index contributed by atoms with van der Waals surface area (Å²) in [5.41, 5.74) is 6.36. The molecule has 1 heterocycles. The molecule has 0 saturated heterocycles. The Kier molecular flexibility index (Phi) is 4.66. The van der Waals surface area contributed by atoms with E-state index in [2.05, 4.69) is 9.97 Å². The van der Waals surface area contributed by atoms with Crippen LogP contribution in [0.5, 0.6) is 0 Å². The Morgan fingerprint density at radius 1 is 1.33 bits per heavy atom. The minimum absolute atomic E-state index is 0.252. The Labute approximate surface area is 109 Å². The average Bonchev–Trinajstić information content (AvgIpc) is 2.41. The summed E-state index contributed by atoms with van der Waals surface area (Å²) in [6, 6.07) is 1.94. The van der Waals surface area contributed by atoms with Crippen LogP contribution in [-0.4, -0.2) is 23.1 Å². The number of nitrogens with two attached hydrogens (primary N) is 1. The quantitative estimate of drug-likeness (QED) is 0.868. The van der Waals surface area contributed by atoms with E-state index in [4.69, 9.17) is 10.5 Å². The van der Waals surface area contributed by atoms with Crippen LogP contribution in [0.15, 0.2) is 12.3 Å². The Morgan fingerprint density at radius 2 is 2.11 bits per heavy atom. The van der Waals surface area contributed by atoms with Crippen molar-refractivity contribution in [1.29, 1.82) is 0 Å². The maximum Gasteiger partial charge on any atom is 0.160 e. The minimum Gasteiger partial charge on any atom is -0.367 e. The molecule has 0 amide bonds. The molecule has 1 aromatic rings. The van der Waals surface area contributed by atoms with Crippen molar-refractivity contribution in [2.45, 2.75) is 51.0 Å². The highest BCUT2D eigenvalue weighted by atomic mass is 16.5. The SMILES string of the molecule is CCOC1(c2nccc(CCN)n2)CCCCC1. The molecule has 2 rings (SSSR count). The molecule has 4 nitrogen and oxygen atoms in total. The maximum absolute atomic E-state index is 6.03. The predicted molar refractivity (Wildman–Crippen MR) is 71.2 cm³/mol. The zero-order chi connectivity index (χ0) is 12.8. The molecule has 0 bridgehead atoms. The summed E-state index contributed by atoms with van der Waals surface area (Å²) in [5.74, 6) is 0.856. The molecule has 0 radical (unpaired) electrons. The number of nitrogens with zero attached hydrogens (tertiary/aromatic N) is 2. The van der Waals surface area contributed by atoms with Gasteiger partial charge in [-0.2, -0.15) is 0 Å². The molecule has 0 spiro atoms. The summed E-state index contributed by atoms with van der Waals surface area (Å²) >= 11 is 0. The Hall–Kier alpha value is -1.00. The summed E-state index contributed by atoms with van der Waals surface area (Å²) < 4.78 is 6.03. The summed E-state index contributed by atoms with van der Waals surface area (Å²) in [6.07, 6.45) is 8.40. The van der Waals surface area contributed by atoms with Crippen LogP contribution in [0.3, 0.4) is 0 Å². The molecule has 4 heteroatoms. The molecule has 100 valence electrons. The van der Waals surface area contributed by atoms with Gasteiger partial charge < -0.3 is 10.5 Å². The van der Waals surface area contributed by atoms with E-state index in [1.807, 2.05) is 19.2 Å². The van der Waals surface area contributed by atoms with Gasteiger partial charge in [-0.15, -0.1) is 0 Å². The smallest absolute Gasteiger partial charge is 0.160 e. The summed E-state index contributed by atoms with van der Waals surface area (Å²) in [4.78, 5) is 9.12. The number of hydrogen-bond acceptors (Lipinski definition) is 4. The second-order valence-electron chi connectivity index (χ2n) is 4.90. The molecule has 0 aromatic carbocycles. The van der Waals surface area contributed by atoms with Gasteiger partial charge in [0.25, 0.3) is 0 Å². The van der Waals surface area contributed by atoms with Gasteiger partial charge in [-0.3, -0.25) is 0 Å². The van der Waals surface area contributed by atoms with Gasteiger partial charge in [0.1, 0.15) is 5.60 Å². The molecular weight excluding hydrogens is 226 g/mol. The van der Waals surface area contributed by atoms with Crippen LogP contribution in [0.25, 0.3) is 0 Å². The topological polar surface area (TPSA) is 61.0 Å². The van der Waals surface area contributed by atoms with Gasteiger partial charge in [0.15, 0.2) is 5.82 Å². The van der Waals surface area contributed by atoms with E-state index < -0.39 is 0 Å². The second kappa shape index (κ2) is 6.25. The van der Waals surface area contributed by atoms with Gasteiger partial charge in [-0.1, -0.05) is 19.3 Å². The van der Waals surface area contributed by atoms with Gasteiger partial charge in [0.05, 0.1) is 0 Å². The second-order valence-corrected chi connectivity index (χ2v) is 4.90. The van der Waals surface area contributed by atoms with E-state index in [9.17, 15) is 0 Å². The van der Waals surface area contributed by atoms with Crippen LogP contribution in [-0.2, 0) is 16.8 Å². The van der Waals surface area contributed by atoms with E-state index >= 15 is 0 Å². The van der Waals surface area contributed by atoms with Crippen LogP contribution in [0.1, 0.15) is 50.5 Å². The lowest BCUT2D eigenvalue weighted by Gasteiger charge is -2.35. The van der Waals surface area contributed by atoms with E-state index in [-0.39, 0.29) is 5.60 Å². The number of ether oxygens (including phenoxy) is 1. The van der Waals surface area contributed by atoms with Crippen LogP contribution in [0, 0.1) is 0 Å². The summed E-state index contributed by atoms with van der Waals surface area (Å²) in [6.45, 7) is 3.38. The first-order valence-corrected chi connectivity index (χ1v) is 6.97. The lowest BCUT2D eigenvalue weighted by atomic mass is 9.83. The van der Waals surface area contributed by atoms with Gasteiger partial charge in [0, 0.05) is 24.9 Å². The lowest BCUT2D eigenvalue weighted by molar-refractivity contribution is -0.0768. The van der Waals surface area contributed by atoms with Crippen molar-refractivity contribution < 1.29 is 4.74 Å². The molecule has 0 unspecified atom stereocenters. The van der Waals surface area contributed by atoms with Crippen LogP contribution >= 0.6 is 0 Å². The monoisotopic (exact) mass is 249 g/mol. The fraction of sp³-hybridized carbons (Fsp3) is 0.714. The van der Waals surface area contributed by atoms with Crippen molar-refractivity contribution in [2.75, 3.05) is 13.2 Å². The van der Waals surface area contributed by atoms with Crippen LogP contribution in [0.2, 0.25) is 0 Å². The van der Waals surface area contributed by atoms with Gasteiger partial charge in [-0.25, -0.2) is 9.97 Å². The minimum atomic E-state index is -0.252. The number of aromatic nitrogens is 2. The summed E-state index contributed by atoms with van der Waals surface area (Å²) in [5, 5.41) is 0. The zero-order valence-electron chi connectivity index (χ0n) is 11.2. The highest BCUT2D eigenvalue weighted by molar-refractivity contribution is 5.10. The Morgan fingerprint density at radius 3 is 2.78 bits per heavy atom. The highest BCUT2D eigenvalue weighted by Crippen LogP contribution is 2.38. The number of rotatable bonds is 5. The molecule has 1 aromatic heterocycles. The Balaban J connectivity index is 2.26. The van der Waals surface area contributed by atoms with E-state index in [0.29, 0.717) is 13.2 Å². The van der Waals surface area contributed by atoms with E-state index in [1.165, 1.54) is 19.3 Å². The summed E-state index contributed by atoms with van der Waals surface area (Å²) in [7, 11) is 0. The maximum atomic E-state index is 6.03. The standard InChI is InChI=1S/C14H23N3O/c1-2-18-14(8-4-3-5-9-14)13-16-11-7-12(17-13)6-10-15/h7,11H,2-6,8-10,15H2,1H3. The third-order valence-electron chi connectivity index (χ3n) is 3.60. The number of hydrogen-bond donors (Lipinski definition) is 1. The van der Waals surface area contributed by atoms with Crippen molar-refractivity contribution >= 4 is 0 Å². The Bertz CT molecular complexity index is 370. The first-order chi connectivity index (χ1) is 8.80. The molecule has 18 heavy (non-hydrogen) atoms. The lowest BCUT2D eigenvalue weighted by Crippen LogP contribution is -2.34. The van der Waals surface area contributed by atoms with Crippen LogP contribution in [0.4, 0.5) is 0 Å². The molecule has 1 aliphatic rings. The molecule has 0 atom stereocenters. The molecular formula is C14H23N3O. The molecule has 2 N–H and O–H groups in total. The fourth-order valence-corrected chi connectivity index (χ4v) is 2.73. The first kappa shape index (κ1) is 13.4.